The minimum atomic E-state index is -0.584. The molecule has 1 fully saturated rings. The van der Waals surface area contributed by atoms with Gasteiger partial charge < -0.3 is 15.2 Å². The number of anilines is 1. The van der Waals surface area contributed by atoms with E-state index in [9.17, 15) is 9.90 Å². The van der Waals surface area contributed by atoms with Crippen molar-refractivity contribution in [3.05, 3.63) is 24.3 Å². The van der Waals surface area contributed by atoms with Crippen LogP contribution in [0.3, 0.4) is 0 Å². The van der Waals surface area contributed by atoms with Crippen molar-refractivity contribution in [1.82, 2.24) is 4.90 Å². The van der Waals surface area contributed by atoms with Crippen molar-refractivity contribution >= 4 is 11.6 Å². The highest BCUT2D eigenvalue weighted by molar-refractivity contribution is 5.92. The van der Waals surface area contributed by atoms with Crippen LogP contribution in [-0.2, 0) is 4.79 Å². The molecule has 0 spiro atoms. The second-order valence-electron chi connectivity index (χ2n) is 5.55. The van der Waals surface area contributed by atoms with Gasteiger partial charge in [-0.15, -0.1) is 0 Å². The van der Waals surface area contributed by atoms with Gasteiger partial charge in [-0.25, -0.2) is 0 Å². The van der Waals surface area contributed by atoms with E-state index >= 15 is 0 Å². The van der Waals surface area contributed by atoms with Gasteiger partial charge in [0.25, 0.3) is 0 Å². The number of carbonyl (C=O) groups excluding carboxylic acids is 1. The average Bonchev–Trinajstić information content (AvgIpc) is 2.41. The van der Waals surface area contributed by atoms with Crippen molar-refractivity contribution in [2.75, 3.05) is 32.1 Å². The van der Waals surface area contributed by atoms with E-state index in [0.717, 1.165) is 24.5 Å². The zero-order valence-corrected chi connectivity index (χ0v) is 12.1. The largest absolute Gasteiger partial charge is 0.497 e. The van der Waals surface area contributed by atoms with Gasteiger partial charge in [0.1, 0.15) is 5.75 Å². The van der Waals surface area contributed by atoms with E-state index in [4.69, 9.17) is 4.74 Å². The summed E-state index contributed by atoms with van der Waals surface area (Å²) < 4.78 is 5.12. The van der Waals surface area contributed by atoms with Crippen molar-refractivity contribution in [2.45, 2.75) is 25.4 Å². The number of carbonyl (C=O) groups is 1. The smallest absolute Gasteiger partial charge is 0.238 e. The maximum atomic E-state index is 12.0. The summed E-state index contributed by atoms with van der Waals surface area (Å²) in [5.41, 5.74) is 0.151. The highest BCUT2D eigenvalue weighted by atomic mass is 16.5. The molecule has 2 rings (SSSR count). The molecule has 1 aromatic rings. The quantitative estimate of drug-likeness (QED) is 0.876. The first kappa shape index (κ1) is 14.8. The molecule has 2 N–H and O–H groups in total. The molecule has 0 bridgehead atoms. The van der Waals surface area contributed by atoms with Gasteiger partial charge >= 0.3 is 0 Å². The number of hydrogen-bond donors (Lipinski definition) is 2. The highest BCUT2D eigenvalue weighted by Crippen LogP contribution is 2.21. The number of aliphatic hydroxyl groups is 1. The van der Waals surface area contributed by atoms with Crippen LogP contribution in [0.25, 0.3) is 0 Å². The van der Waals surface area contributed by atoms with Crippen molar-refractivity contribution < 1.29 is 14.6 Å². The van der Waals surface area contributed by atoms with Crippen LogP contribution < -0.4 is 10.1 Å². The summed E-state index contributed by atoms with van der Waals surface area (Å²) in [5.74, 6) is 0.677. The van der Waals surface area contributed by atoms with Gasteiger partial charge in [0.2, 0.25) is 5.91 Å². The predicted octanol–water partition coefficient (Wildman–Crippen LogP) is 1.48. The number of nitrogens with one attached hydrogen (secondary N) is 1. The lowest BCUT2D eigenvalue weighted by molar-refractivity contribution is -0.118. The van der Waals surface area contributed by atoms with Crippen molar-refractivity contribution in [3.63, 3.8) is 0 Å². The SMILES string of the molecule is COc1cccc(NC(=O)CN2CCC(C)(O)CC2)c1. The van der Waals surface area contributed by atoms with Crippen molar-refractivity contribution in [1.29, 1.82) is 0 Å². The minimum absolute atomic E-state index is 0.0419. The van der Waals surface area contributed by atoms with Crippen LogP contribution in [0.15, 0.2) is 24.3 Å². The van der Waals surface area contributed by atoms with Crippen LogP contribution in [0.1, 0.15) is 19.8 Å². The third kappa shape index (κ3) is 4.21. The average molecular weight is 278 g/mol. The maximum Gasteiger partial charge on any atom is 0.238 e. The number of nitrogens with zero attached hydrogens (tertiary/aromatic N) is 1. The summed E-state index contributed by atoms with van der Waals surface area (Å²) in [7, 11) is 1.60. The Morgan fingerprint density at radius 2 is 2.15 bits per heavy atom. The number of methoxy groups -OCH3 is 1. The van der Waals surface area contributed by atoms with E-state index in [1.165, 1.54) is 0 Å². The van der Waals surface area contributed by atoms with E-state index in [1.54, 1.807) is 13.2 Å². The lowest BCUT2D eigenvalue weighted by Crippen LogP contribution is -2.45. The second kappa shape index (κ2) is 6.24. The van der Waals surface area contributed by atoms with Gasteiger partial charge in [0, 0.05) is 24.8 Å². The summed E-state index contributed by atoms with van der Waals surface area (Å²) in [5, 5.41) is 12.7. The molecule has 0 aliphatic carbocycles. The van der Waals surface area contributed by atoms with Gasteiger partial charge in [0.05, 0.1) is 19.3 Å². The predicted molar refractivity (Wildman–Crippen MR) is 77.9 cm³/mol. The first-order chi connectivity index (χ1) is 9.48. The number of rotatable bonds is 4. The fourth-order valence-corrected chi connectivity index (χ4v) is 2.30. The zero-order valence-electron chi connectivity index (χ0n) is 12.1. The summed E-state index contributed by atoms with van der Waals surface area (Å²) >= 11 is 0. The van der Waals surface area contributed by atoms with Crippen molar-refractivity contribution in [2.24, 2.45) is 0 Å². The molecule has 5 nitrogen and oxygen atoms in total. The van der Waals surface area contributed by atoms with E-state index < -0.39 is 5.60 Å². The lowest BCUT2D eigenvalue weighted by atomic mass is 9.94. The molecule has 0 unspecified atom stereocenters. The maximum absolute atomic E-state index is 12.0. The molecule has 1 amide bonds. The van der Waals surface area contributed by atoms with Crippen LogP contribution in [0.5, 0.6) is 5.75 Å². The fraction of sp³-hybridized carbons (Fsp3) is 0.533. The molecule has 20 heavy (non-hydrogen) atoms. The topological polar surface area (TPSA) is 61.8 Å². The molecular formula is C15H22N2O3. The molecular weight excluding hydrogens is 256 g/mol. The number of amides is 1. The first-order valence-electron chi connectivity index (χ1n) is 6.87. The molecule has 5 heteroatoms. The summed E-state index contributed by atoms with van der Waals surface area (Å²) in [6.45, 7) is 3.70. The summed E-state index contributed by atoms with van der Waals surface area (Å²) in [6, 6.07) is 7.30. The Bertz CT molecular complexity index is 464. The normalized spacial score (nSPS) is 18.6. The standard InChI is InChI=1S/C15H22N2O3/c1-15(19)6-8-17(9-7-15)11-14(18)16-12-4-3-5-13(10-12)20-2/h3-5,10,19H,6-9,11H2,1-2H3,(H,16,18). The van der Waals surface area contributed by atoms with E-state index in [1.807, 2.05) is 25.1 Å². The number of ether oxygens (including phenoxy) is 1. The highest BCUT2D eigenvalue weighted by Gasteiger charge is 2.27. The van der Waals surface area contributed by atoms with Gasteiger partial charge in [-0.2, -0.15) is 0 Å². The van der Waals surface area contributed by atoms with Gasteiger partial charge in [-0.3, -0.25) is 9.69 Å². The van der Waals surface area contributed by atoms with Gasteiger partial charge in [-0.05, 0) is 31.9 Å². The molecule has 0 aromatic heterocycles. The fourth-order valence-electron chi connectivity index (χ4n) is 2.30. The Balaban J connectivity index is 1.83. The Labute approximate surface area is 119 Å². The molecule has 1 aliphatic heterocycles. The number of hydrogen-bond acceptors (Lipinski definition) is 4. The molecule has 1 saturated heterocycles. The Kier molecular flexibility index (Phi) is 4.62. The van der Waals surface area contributed by atoms with Crippen molar-refractivity contribution in [3.8, 4) is 5.75 Å². The van der Waals surface area contributed by atoms with Crippen LogP contribution in [0.4, 0.5) is 5.69 Å². The Morgan fingerprint density at radius 3 is 2.80 bits per heavy atom. The van der Waals surface area contributed by atoms with Gasteiger partial charge in [0.15, 0.2) is 0 Å². The van der Waals surface area contributed by atoms with E-state index in [-0.39, 0.29) is 5.91 Å². The van der Waals surface area contributed by atoms with Crippen LogP contribution >= 0.6 is 0 Å². The summed E-state index contributed by atoms with van der Waals surface area (Å²) in [6.07, 6.45) is 1.42. The van der Waals surface area contributed by atoms with Crippen LogP contribution in [0.2, 0.25) is 0 Å². The van der Waals surface area contributed by atoms with Crippen LogP contribution in [-0.4, -0.2) is 48.3 Å². The summed E-state index contributed by atoms with van der Waals surface area (Å²) in [4.78, 5) is 14.0. The van der Waals surface area contributed by atoms with Gasteiger partial charge in [-0.1, -0.05) is 6.07 Å². The number of likely N-dealkylation sites (tertiary alicyclic amines) is 1. The molecule has 110 valence electrons. The molecule has 0 saturated carbocycles. The van der Waals surface area contributed by atoms with Crippen LogP contribution in [0, 0.1) is 0 Å². The molecule has 1 heterocycles. The second-order valence-corrected chi connectivity index (χ2v) is 5.55. The number of piperidine rings is 1. The monoisotopic (exact) mass is 278 g/mol. The third-order valence-electron chi connectivity index (χ3n) is 3.65. The van der Waals surface area contributed by atoms with E-state index in [2.05, 4.69) is 10.2 Å². The first-order valence-corrected chi connectivity index (χ1v) is 6.87. The molecule has 0 radical (unpaired) electrons. The van der Waals surface area contributed by atoms with E-state index in [0.29, 0.717) is 19.4 Å². The Morgan fingerprint density at radius 1 is 1.45 bits per heavy atom. The lowest BCUT2D eigenvalue weighted by Gasteiger charge is -2.35. The molecule has 0 atom stereocenters. The molecule has 1 aliphatic rings. The third-order valence-corrected chi connectivity index (χ3v) is 3.65. The molecule has 1 aromatic carbocycles. The Hall–Kier alpha value is -1.59. The minimum Gasteiger partial charge on any atom is -0.497 e. The zero-order chi connectivity index (χ0) is 14.6. The number of benzene rings is 1.